The summed E-state index contributed by atoms with van der Waals surface area (Å²) >= 11 is 1.80. The van der Waals surface area contributed by atoms with E-state index in [1.54, 1.807) is 11.3 Å². The molecule has 0 aliphatic heterocycles. The van der Waals surface area contributed by atoms with E-state index >= 15 is 0 Å². The molecule has 1 fully saturated rings. The topological polar surface area (TPSA) is 49.3 Å². The van der Waals surface area contributed by atoms with Crippen molar-refractivity contribution in [1.29, 1.82) is 0 Å². The molecule has 2 unspecified atom stereocenters. The first-order valence-corrected chi connectivity index (χ1v) is 7.65. The first kappa shape index (κ1) is 12.9. The van der Waals surface area contributed by atoms with Gasteiger partial charge in [0.2, 0.25) is 5.91 Å². The standard InChI is InChI=1S/C15H19NO2S/c1-9-2-5-14(19-9)12-7-13(12)15(18)16-11-4-3-10(6-11)8-17/h2-5,10-13,17H,6-8H2,1H3,(H,16,18)/t10-,11+,12?,13?/m0/s1. The smallest absolute Gasteiger partial charge is 0.224 e. The first-order chi connectivity index (χ1) is 9.17. The summed E-state index contributed by atoms with van der Waals surface area (Å²) in [5, 5.41) is 12.1. The largest absolute Gasteiger partial charge is 0.396 e. The van der Waals surface area contributed by atoms with Crippen molar-refractivity contribution >= 4 is 17.2 Å². The Kier molecular flexibility index (Phi) is 3.46. The Labute approximate surface area is 117 Å². The van der Waals surface area contributed by atoms with Crippen molar-refractivity contribution in [3.05, 3.63) is 34.0 Å². The normalized spacial score (nSPS) is 32.5. The van der Waals surface area contributed by atoms with E-state index in [1.807, 2.05) is 12.2 Å². The van der Waals surface area contributed by atoms with E-state index in [0.29, 0.717) is 5.92 Å². The Hall–Kier alpha value is -1.13. The Balaban J connectivity index is 1.52. The molecule has 1 saturated carbocycles. The molecule has 0 radical (unpaired) electrons. The number of carbonyl (C=O) groups is 1. The third-order valence-corrected chi connectivity index (χ3v) is 5.12. The zero-order chi connectivity index (χ0) is 13.4. The van der Waals surface area contributed by atoms with E-state index < -0.39 is 0 Å². The molecule has 1 amide bonds. The number of nitrogens with one attached hydrogen (secondary N) is 1. The van der Waals surface area contributed by atoms with Gasteiger partial charge in [0.1, 0.15) is 0 Å². The van der Waals surface area contributed by atoms with Gasteiger partial charge in [-0.25, -0.2) is 0 Å². The lowest BCUT2D eigenvalue weighted by molar-refractivity contribution is -0.122. The molecule has 1 aromatic rings. The minimum atomic E-state index is 0.107. The number of aryl methyl sites for hydroxylation is 1. The highest BCUT2D eigenvalue weighted by atomic mass is 32.1. The van der Waals surface area contributed by atoms with Gasteiger partial charge in [-0.05, 0) is 31.9 Å². The molecular weight excluding hydrogens is 258 g/mol. The monoisotopic (exact) mass is 277 g/mol. The van der Waals surface area contributed by atoms with Gasteiger partial charge in [0.15, 0.2) is 0 Å². The van der Waals surface area contributed by atoms with Gasteiger partial charge in [0.05, 0.1) is 0 Å². The molecule has 2 aliphatic carbocycles. The molecular formula is C15H19NO2S. The van der Waals surface area contributed by atoms with Crippen molar-refractivity contribution in [2.75, 3.05) is 6.61 Å². The van der Waals surface area contributed by atoms with Crippen LogP contribution in [-0.2, 0) is 4.79 Å². The average Bonchev–Trinajstić information content (AvgIpc) is 2.88. The van der Waals surface area contributed by atoms with Crippen LogP contribution in [0.1, 0.15) is 28.5 Å². The molecule has 3 nitrogen and oxygen atoms in total. The third-order valence-electron chi connectivity index (χ3n) is 3.99. The van der Waals surface area contributed by atoms with Crippen LogP contribution in [-0.4, -0.2) is 23.7 Å². The van der Waals surface area contributed by atoms with Gasteiger partial charge >= 0.3 is 0 Å². The van der Waals surface area contributed by atoms with Gasteiger partial charge in [-0.1, -0.05) is 12.2 Å². The lowest BCUT2D eigenvalue weighted by atomic mass is 10.1. The van der Waals surface area contributed by atoms with Crippen LogP contribution in [0.5, 0.6) is 0 Å². The van der Waals surface area contributed by atoms with Gasteiger partial charge in [0, 0.05) is 40.2 Å². The van der Waals surface area contributed by atoms with Crippen molar-refractivity contribution < 1.29 is 9.90 Å². The highest BCUT2D eigenvalue weighted by Crippen LogP contribution is 2.49. The van der Waals surface area contributed by atoms with Crippen molar-refractivity contribution in [1.82, 2.24) is 5.32 Å². The van der Waals surface area contributed by atoms with Gasteiger partial charge < -0.3 is 10.4 Å². The number of rotatable bonds is 4. The zero-order valence-electron chi connectivity index (χ0n) is 11.0. The summed E-state index contributed by atoms with van der Waals surface area (Å²) in [6.07, 6.45) is 5.81. The summed E-state index contributed by atoms with van der Waals surface area (Å²) < 4.78 is 0. The maximum absolute atomic E-state index is 12.1. The average molecular weight is 277 g/mol. The van der Waals surface area contributed by atoms with Crippen LogP contribution >= 0.6 is 11.3 Å². The molecule has 1 heterocycles. The Bertz CT molecular complexity index is 508. The number of amides is 1. The summed E-state index contributed by atoms with van der Waals surface area (Å²) in [6, 6.07) is 4.38. The molecule has 4 atom stereocenters. The lowest BCUT2D eigenvalue weighted by Crippen LogP contribution is -2.34. The maximum atomic E-state index is 12.1. The molecule has 102 valence electrons. The molecule has 1 aromatic heterocycles. The summed E-state index contributed by atoms with van der Waals surface area (Å²) in [4.78, 5) is 14.8. The van der Waals surface area contributed by atoms with Gasteiger partial charge in [-0.3, -0.25) is 4.79 Å². The van der Waals surface area contributed by atoms with E-state index in [0.717, 1.165) is 12.8 Å². The maximum Gasteiger partial charge on any atom is 0.224 e. The summed E-state index contributed by atoms with van der Waals surface area (Å²) in [6.45, 7) is 2.27. The van der Waals surface area contributed by atoms with Crippen molar-refractivity contribution in [2.45, 2.75) is 31.7 Å². The molecule has 0 aromatic carbocycles. The van der Waals surface area contributed by atoms with Crippen molar-refractivity contribution in [2.24, 2.45) is 11.8 Å². The molecule has 19 heavy (non-hydrogen) atoms. The minimum absolute atomic E-state index is 0.107. The summed E-state index contributed by atoms with van der Waals surface area (Å²) in [5.74, 6) is 0.960. The SMILES string of the molecule is Cc1ccc(C2CC2C(=O)N[C@@H]2C=C[C@H](CO)C2)s1. The van der Waals surface area contributed by atoms with Crippen LogP contribution in [0.15, 0.2) is 24.3 Å². The predicted molar refractivity (Wildman–Crippen MR) is 76.2 cm³/mol. The highest BCUT2D eigenvalue weighted by molar-refractivity contribution is 7.12. The Morgan fingerprint density at radius 2 is 2.26 bits per heavy atom. The Morgan fingerprint density at radius 1 is 1.42 bits per heavy atom. The van der Waals surface area contributed by atoms with E-state index in [2.05, 4.69) is 24.4 Å². The van der Waals surface area contributed by atoms with E-state index in [-0.39, 0.29) is 30.4 Å². The number of aliphatic hydroxyl groups is 1. The molecule has 2 aliphatic rings. The molecule has 0 saturated heterocycles. The van der Waals surface area contributed by atoms with Crippen LogP contribution in [0, 0.1) is 18.8 Å². The number of aliphatic hydroxyl groups excluding tert-OH is 1. The second kappa shape index (κ2) is 5.10. The lowest BCUT2D eigenvalue weighted by Gasteiger charge is -2.12. The third kappa shape index (κ3) is 2.74. The predicted octanol–water partition coefficient (Wildman–Crippen LogP) is 2.21. The minimum Gasteiger partial charge on any atom is -0.396 e. The van der Waals surface area contributed by atoms with Gasteiger partial charge in [-0.2, -0.15) is 0 Å². The van der Waals surface area contributed by atoms with Crippen LogP contribution in [0.4, 0.5) is 0 Å². The highest BCUT2D eigenvalue weighted by Gasteiger charge is 2.45. The molecule has 2 N–H and O–H groups in total. The summed E-state index contributed by atoms with van der Waals surface area (Å²) in [5.41, 5.74) is 0. The second-order valence-corrected chi connectivity index (χ2v) is 6.89. The van der Waals surface area contributed by atoms with E-state index in [9.17, 15) is 4.79 Å². The molecule has 3 rings (SSSR count). The fourth-order valence-corrected chi connectivity index (χ4v) is 3.81. The second-order valence-electron chi connectivity index (χ2n) is 5.58. The molecule has 0 spiro atoms. The van der Waals surface area contributed by atoms with Crippen LogP contribution < -0.4 is 5.32 Å². The first-order valence-electron chi connectivity index (χ1n) is 6.83. The van der Waals surface area contributed by atoms with Gasteiger partial charge in [-0.15, -0.1) is 11.3 Å². The van der Waals surface area contributed by atoms with Crippen LogP contribution in [0.25, 0.3) is 0 Å². The van der Waals surface area contributed by atoms with E-state index in [1.165, 1.54) is 9.75 Å². The number of hydrogen-bond donors (Lipinski definition) is 2. The fourth-order valence-electron chi connectivity index (χ4n) is 2.76. The number of hydrogen-bond acceptors (Lipinski definition) is 3. The number of carbonyl (C=O) groups excluding carboxylic acids is 1. The van der Waals surface area contributed by atoms with Crippen LogP contribution in [0.3, 0.4) is 0 Å². The fraction of sp³-hybridized carbons (Fsp3) is 0.533. The molecule has 4 heteroatoms. The van der Waals surface area contributed by atoms with Crippen molar-refractivity contribution in [3.63, 3.8) is 0 Å². The van der Waals surface area contributed by atoms with Crippen LogP contribution in [0.2, 0.25) is 0 Å². The quantitative estimate of drug-likeness (QED) is 0.829. The van der Waals surface area contributed by atoms with E-state index in [4.69, 9.17) is 5.11 Å². The molecule has 0 bridgehead atoms. The Morgan fingerprint density at radius 3 is 2.89 bits per heavy atom. The zero-order valence-corrected chi connectivity index (χ0v) is 11.8. The summed E-state index contributed by atoms with van der Waals surface area (Å²) in [7, 11) is 0. The number of thiophene rings is 1. The van der Waals surface area contributed by atoms with Crippen molar-refractivity contribution in [3.8, 4) is 0 Å². The van der Waals surface area contributed by atoms with Gasteiger partial charge in [0.25, 0.3) is 0 Å².